The summed E-state index contributed by atoms with van der Waals surface area (Å²) in [5, 5.41) is 9.88. The molecule has 0 spiro atoms. The number of allylic oxidation sites excluding steroid dienone is 1. The zero-order valence-electron chi connectivity index (χ0n) is 18.4. The largest absolute Gasteiger partial charge is 0.324 e. The SMILES string of the molecule is C/C=C/c1cccc(Nc2nc(Nc3cccc(C)c3)nc(Nc3cccc(C)c3)n2)c1. The van der Waals surface area contributed by atoms with Crippen molar-refractivity contribution in [1.29, 1.82) is 0 Å². The van der Waals surface area contributed by atoms with Crippen molar-refractivity contribution in [3.05, 3.63) is 95.6 Å². The number of hydrogen-bond donors (Lipinski definition) is 3. The van der Waals surface area contributed by atoms with Crippen molar-refractivity contribution in [3.63, 3.8) is 0 Å². The van der Waals surface area contributed by atoms with Gasteiger partial charge in [-0.15, -0.1) is 0 Å². The molecule has 3 N–H and O–H groups in total. The van der Waals surface area contributed by atoms with Gasteiger partial charge in [0.1, 0.15) is 0 Å². The quantitative estimate of drug-likeness (QED) is 0.306. The molecule has 0 saturated heterocycles. The molecule has 0 aliphatic carbocycles. The number of aromatic nitrogens is 3. The molecule has 6 nitrogen and oxygen atoms in total. The molecule has 0 atom stereocenters. The highest BCUT2D eigenvalue weighted by molar-refractivity contribution is 5.64. The summed E-state index contributed by atoms with van der Waals surface area (Å²) < 4.78 is 0. The lowest BCUT2D eigenvalue weighted by Crippen LogP contribution is -2.07. The molecule has 0 fully saturated rings. The first kappa shape index (κ1) is 21.1. The topological polar surface area (TPSA) is 74.8 Å². The maximum absolute atomic E-state index is 4.59. The highest BCUT2D eigenvalue weighted by Gasteiger charge is 2.09. The molecule has 0 aliphatic heterocycles. The summed E-state index contributed by atoms with van der Waals surface area (Å²) in [5.41, 5.74) is 6.14. The summed E-state index contributed by atoms with van der Waals surface area (Å²) in [6, 6.07) is 24.2. The van der Waals surface area contributed by atoms with Crippen molar-refractivity contribution in [2.75, 3.05) is 16.0 Å². The fraction of sp³-hybridized carbons (Fsp3) is 0.115. The number of nitrogens with zero attached hydrogens (tertiary/aromatic N) is 3. The average Bonchev–Trinajstić information content (AvgIpc) is 2.74. The second-order valence-corrected chi connectivity index (χ2v) is 7.55. The van der Waals surface area contributed by atoms with E-state index in [4.69, 9.17) is 0 Å². The lowest BCUT2D eigenvalue weighted by Gasteiger charge is -2.12. The van der Waals surface area contributed by atoms with Crippen LogP contribution in [0.4, 0.5) is 34.9 Å². The molecule has 0 unspecified atom stereocenters. The van der Waals surface area contributed by atoms with Crippen LogP contribution in [0.3, 0.4) is 0 Å². The molecule has 0 radical (unpaired) electrons. The van der Waals surface area contributed by atoms with Gasteiger partial charge in [-0.3, -0.25) is 0 Å². The Balaban J connectivity index is 1.66. The Hall–Kier alpha value is -4.19. The fourth-order valence-electron chi connectivity index (χ4n) is 3.29. The van der Waals surface area contributed by atoms with E-state index in [2.05, 4.69) is 30.9 Å². The monoisotopic (exact) mass is 422 g/mol. The molecular weight excluding hydrogens is 396 g/mol. The average molecular weight is 423 g/mol. The normalized spacial score (nSPS) is 10.8. The Labute approximate surface area is 188 Å². The van der Waals surface area contributed by atoms with Crippen molar-refractivity contribution >= 4 is 41.0 Å². The van der Waals surface area contributed by atoms with Crippen molar-refractivity contribution in [2.24, 2.45) is 0 Å². The van der Waals surface area contributed by atoms with E-state index in [0.717, 1.165) is 33.8 Å². The summed E-state index contributed by atoms with van der Waals surface area (Å²) in [7, 11) is 0. The molecule has 1 aromatic heterocycles. The van der Waals surface area contributed by atoms with Crippen LogP contribution in [-0.2, 0) is 0 Å². The Bertz CT molecular complexity index is 1180. The van der Waals surface area contributed by atoms with Gasteiger partial charge in [0.2, 0.25) is 17.8 Å². The zero-order valence-corrected chi connectivity index (χ0v) is 18.4. The van der Waals surface area contributed by atoms with Gasteiger partial charge < -0.3 is 16.0 Å². The van der Waals surface area contributed by atoms with Gasteiger partial charge in [-0.25, -0.2) is 0 Å². The van der Waals surface area contributed by atoms with Gasteiger partial charge in [0.05, 0.1) is 0 Å². The molecule has 160 valence electrons. The minimum Gasteiger partial charge on any atom is -0.324 e. The lowest BCUT2D eigenvalue weighted by molar-refractivity contribution is 1.06. The van der Waals surface area contributed by atoms with Crippen molar-refractivity contribution in [1.82, 2.24) is 15.0 Å². The van der Waals surface area contributed by atoms with E-state index in [1.165, 1.54) is 0 Å². The van der Waals surface area contributed by atoms with E-state index in [-0.39, 0.29) is 0 Å². The fourth-order valence-corrected chi connectivity index (χ4v) is 3.29. The van der Waals surface area contributed by atoms with Crippen LogP contribution >= 0.6 is 0 Å². The molecule has 0 amide bonds. The number of nitrogens with one attached hydrogen (secondary N) is 3. The standard InChI is InChI=1S/C26H26N6/c1-4-8-20-11-7-14-23(17-20)29-26-31-24(27-21-12-5-9-18(2)15-21)30-25(32-26)28-22-13-6-10-19(3)16-22/h4-17H,1-3H3,(H3,27,28,29,30,31,32)/b8-4+. The molecule has 0 saturated carbocycles. The van der Waals surface area contributed by atoms with Crippen LogP contribution < -0.4 is 16.0 Å². The molecule has 4 rings (SSSR count). The summed E-state index contributed by atoms with van der Waals surface area (Å²) in [6.07, 6.45) is 4.06. The molecule has 0 bridgehead atoms. The maximum Gasteiger partial charge on any atom is 0.233 e. The van der Waals surface area contributed by atoms with E-state index >= 15 is 0 Å². The predicted octanol–water partition coefficient (Wildman–Crippen LogP) is 6.75. The van der Waals surface area contributed by atoms with Gasteiger partial charge in [-0.1, -0.05) is 48.6 Å². The molecular formula is C26H26N6. The van der Waals surface area contributed by atoms with Crippen LogP contribution in [0.25, 0.3) is 6.08 Å². The van der Waals surface area contributed by atoms with Gasteiger partial charge in [0, 0.05) is 17.1 Å². The van der Waals surface area contributed by atoms with E-state index < -0.39 is 0 Å². The summed E-state index contributed by atoms with van der Waals surface area (Å²) in [4.78, 5) is 13.7. The first-order valence-corrected chi connectivity index (χ1v) is 10.5. The lowest BCUT2D eigenvalue weighted by atomic mass is 10.2. The second kappa shape index (κ2) is 9.75. The Morgan fingerprint density at radius 1 is 0.594 bits per heavy atom. The molecule has 0 aliphatic rings. The number of rotatable bonds is 7. The Morgan fingerprint density at radius 2 is 1.03 bits per heavy atom. The van der Waals surface area contributed by atoms with Crippen LogP contribution in [-0.4, -0.2) is 15.0 Å². The number of hydrogen-bond acceptors (Lipinski definition) is 6. The summed E-state index contributed by atoms with van der Waals surface area (Å²) in [6.45, 7) is 6.10. The predicted molar refractivity (Wildman–Crippen MR) is 133 cm³/mol. The van der Waals surface area contributed by atoms with E-state index in [1.807, 2.05) is 106 Å². The third-order valence-corrected chi connectivity index (χ3v) is 4.69. The first-order valence-electron chi connectivity index (χ1n) is 10.5. The van der Waals surface area contributed by atoms with Crippen LogP contribution in [0.1, 0.15) is 23.6 Å². The van der Waals surface area contributed by atoms with Crippen molar-refractivity contribution in [3.8, 4) is 0 Å². The van der Waals surface area contributed by atoms with Crippen molar-refractivity contribution in [2.45, 2.75) is 20.8 Å². The van der Waals surface area contributed by atoms with Crippen LogP contribution in [0.5, 0.6) is 0 Å². The van der Waals surface area contributed by atoms with Crippen LogP contribution in [0.2, 0.25) is 0 Å². The maximum atomic E-state index is 4.59. The van der Waals surface area contributed by atoms with E-state index in [1.54, 1.807) is 0 Å². The van der Waals surface area contributed by atoms with Crippen molar-refractivity contribution < 1.29 is 0 Å². The highest BCUT2D eigenvalue weighted by atomic mass is 15.3. The zero-order chi connectivity index (χ0) is 22.3. The van der Waals surface area contributed by atoms with Gasteiger partial charge in [-0.2, -0.15) is 15.0 Å². The van der Waals surface area contributed by atoms with Gasteiger partial charge in [0.25, 0.3) is 0 Å². The van der Waals surface area contributed by atoms with Gasteiger partial charge in [0.15, 0.2) is 0 Å². The molecule has 1 heterocycles. The second-order valence-electron chi connectivity index (χ2n) is 7.55. The summed E-state index contributed by atoms with van der Waals surface area (Å²) >= 11 is 0. The van der Waals surface area contributed by atoms with E-state index in [0.29, 0.717) is 17.8 Å². The number of benzene rings is 3. The summed E-state index contributed by atoms with van der Waals surface area (Å²) in [5.74, 6) is 1.35. The molecule has 4 aromatic rings. The van der Waals surface area contributed by atoms with E-state index in [9.17, 15) is 0 Å². The third-order valence-electron chi connectivity index (χ3n) is 4.69. The highest BCUT2D eigenvalue weighted by Crippen LogP contribution is 2.22. The Kier molecular flexibility index (Phi) is 6.41. The minimum absolute atomic E-state index is 0.447. The van der Waals surface area contributed by atoms with Crippen LogP contribution in [0, 0.1) is 13.8 Å². The third kappa shape index (κ3) is 5.70. The molecule has 3 aromatic carbocycles. The number of anilines is 6. The minimum atomic E-state index is 0.447. The smallest absolute Gasteiger partial charge is 0.233 e. The molecule has 6 heteroatoms. The molecule has 32 heavy (non-hydrogen) atoms. The van der Waals surface area contributed by atoms with Gasteiger partial charge >= 0.3 is 0 Å². The Morgan fingerprint density at radius 3 is 1.47 bits per heavy atom. The van der Waals surface area contributed by atoms with Crippen LogP contribution in [0.15, 0.2) is 78.9 Å². The van der Waals surface area contributed by atoms with Gasteiger partial charge in [-0.05, 0) is 73.9 Å². The number of aryl methyl sites for hydroxylation is 2. The first-order chi connectivity index (χ1) is 15.6.